The number of aryl methyl sites for hydroxylation is 1. The Morgan fingerprint density at radius 3 is 2.88 bits per heavy atom. The molecule has 7 heteroatoms. The zero-order chi connectivity index (χ0) is 21.7. The lowest BCUT2D eigenvalue weighted by Gasteiger charge is -2.06. The molecule has 6 rings (SSSR count). The van der Waals surface area contributed by atoms with Crippen LogP contribution in [0.15, 0.2) is 73.1 Å². The number of rotatable bonds is 3. The lowest BCUT2D eigenvalue weighted by molar-refractivity contribution is 1.09. The van der Waals surface area contributed by atoms with Crippen molar-refractivity contribution in [3.8, 4) is 22.5 Å². The zero-order valence-corrected chi connectivity index (χ0v) is 17.3. The van der Waals surface area contributed by atoms with Crippen LogP contribution in [0.4, 0.5) is 5.69 Å². The van der Waals surface area contributed by atoms with Crippen molar-refractivity contribution in [2.45, 2.75) is 6.92 Å². The Bertz CT molecular complexity index is 1590. The minimum atomic E-state index is 0.636. The van der Waals surface area contributed by atoms with E-state index in [1.807, 2.05) is 66.6 Å². The molecule has 0 saturated carbocycles. The summed E-state index contributed by atoms with van der Waals surface area (Å²) in [4.78, 5) is 12.1. The quantitative estimate of drug-likeness (QED) is 0.368. The molecule has 4 heterocycles. The van der Waals surface area contributed by atoms with Gasteiger partial charge in [0.05, 0.1) is 40.3 Å². The minimum Gasteiger partial charge on any atom is -0.397 e. The molecule has 0 unspecified atom stereocenters. The minimum absolute atomic E-state index is 0.636. The number of benzene rings is 1. The number of pyridine rings is 1. The van der Waals surface area contributed by atoms with Crippen molar-refractivity contribution in [2.75, 3.05) is 5.73 Å². The molecule has 1 aromatic carbocycles. The average Bonchev–Trinajstić information content (AvgIpc) is 3.49. The van der Waals surface area contributed by atoms with E-state index in [-0.39, 0.29) is 0 Å². The van der Waals surface area contributed by atoms with Gasteiger partial charge in [0.15, 0.2) is 0 Å². The van der Waals surface area contributed by atoms with Crippen LogP contribution in [-0.4, -0.2) is 29.7 Å². The van der Waals surface area contributed by atoms with Gasteiger partial charge in [0.25, 0.3) is 0 Å². The van der Waals surface area contributed by atoms with Gasteiger partial charge in [0.1, 0.15) is 5.69 Å². The average molecular weight is 417 g/mol. The maximum Gasteiger partial charge on any atom is 0.116 e. The van der Waals surface area contributed by atoms with Crippen LogP contribution in [0.3, 0.4) is 0 Å². The van der Waals surface area contributed by atoms with E-state index in [4.69, 9.17) is 5.73 Å². The van der Waals surface area contributed by atoms with E-state index >= 15 is 0 Å². The molecule has 0 spiro atoms. The van der Waals surface area contributed by atoms with Gasteiger partial charge in [0.2, 0.25) is 0 Å². The number of imidazole rings is 1. The fourth-order valence-electron chi connectivity index (χ4n) is 4.06. The van der Waals surface area contributed by atoms with Gasteiger partial charge in [-0.2, -0.15) is 5.10 Å². The van der Waals surface area contributed by atoms with Crippen LogP contribution in [0.2, 0.25) is 0 Å². The number of nitrogen functional groups attached to an aromatic ring is 1. The second kappa shape index (κ2) is 6.97. The van der Waals surface area contributed by atoms with E-state index in [9.17, 15) is 0 Å². The lowest BCUT2D eigenvalue weighted by Crippen LogP contribution is -1.95. The Morgan fingerprint density at radius 2 is 2.03 bits per heavy atom. The third-order valence-corrected chi connectivity index (χ3v) is 5.59. The van der Waals surface area contributed by atoms with Crippen LogP contribution in [-0.2, 0) is 0 Å². The molecule has 4 N–H and O–H groups in total. The molecule has 32 heavy (non-hydrogen) atoms. The molecule has 7 nitrogen and oxygen atoms in total. The van der Waals surface area contributed by atoms with Gasteiger partial charge in [-0.05, 0) is 48.9 Å². The number of fused-ring (bicyclic) bond motifs is 2. The number of aromatic amines is 2. The summed E-state index contributed by atoms with van der Waals surface area (Å²) in [5, 5.41) is 8.77. The molecule has 154 valence electrons. The van der Waals surface area contributed by atoms with Crippen LogP contribution in [0.1, 0.15) is 17.0 Å². The van der Waals surface area contributed by atoms with Gasteiger partial charge < -0.3 is 15.3 Å². The van der Waals surface area contributed by atoms with Crippen molar-refractivity contribution in [3.63, 3.8) is 0 Å². The van der Waals surface area contributed by atoms with Crippen LogP contribution < -0.4 is 5.73 Å². The molecule has 4 aromatic heterocycles. The highest BCUT2D eigenvalue weighted by atomic mass is 15.1. The SMILES string of the molecule is Cc1cn(C2=CC=C=Cc3[nH]c(-c4n[nH]c5ccc(-c6cncc(N)c6)cc45)cc32)cn1. The molecule has 1 aliphatic carbocycles. The summed E-state index contributed by atoms with van der Waals surface area (Å²) in [6, 6.07) is 10.2. The molecule has 0 atom stereocenters. The van der Waals surface area contributed by atoms with Crippen molar-refractivity contribution >= 4 is 28.4 Å². The van der Waals surface area contributed by atoms with Crippen molar-refractivity contribution < 1.29 is 0 Å². The smallest absolute Gasteiger partial charge is 0.116 e. The first kappa shape index (κ1) is 18.2. The van der Waals surface area contributed by atoms with Gasteiger partial charge in [-0.25, -0.2) is 4.98 Å². The molecular weight excluding hydrogens is 398 g/mol. The Labute approximate surface area is 183 Å². The van der Waals surface area contributed by atoms with E-state index in [1.54, 1.807) is 6.20 Å². The summed E-state index contributed by atoms with van der Waals surface area (Å²) >= 11 is 0. The Balaban J connectivity index is 1.48. The van der Waals surface area contributed by atoms with Gasteiger partial charge in [0, 0.05) is 41.2 Å². The second-order valence-electron chi connectivity index (χ2n) is 7.80. The fourth-order valence-corrected chi connectivity index (χ4v) is 4.06. The topological polar surface area (TPSA) is 101 Å². The van der Waals surface area contributed by atoms with E-state index in [0.29, 0.717) is 5.69 Å². The van der Waals surface area contributed by atoms with Crippen molar-refractivity contribution in [1.29, 1.82) is 0 Å². The predicted octanol–water partition coefficient (Wildman–Crippen LogP) is 4.78. The standard InChI is InChI=1S/C25H19N7/c1-15-13-32(14-28-15)24-5-3-2-4-21-19(24)10-23(29-21)25-20-9-16(6-7-22(20)30-31-25)17-8-18(26)12-27-11-17/h3-14,29H,26H2,1H3,(H,30,31). The van der Waals surface area contributed by atoms with E-state index < -0.39 is 0 Å². The first-order chi connectivity index (χ1) is 15.7. The summed E-state index contributed by atoms with van der Waals surface area (Å²) in [6.45, 7) is 1.98. The third-order valence-electron chi connectivity index (χ3n) is 5.59. The fraction of sp³-hybridized carbons (Fsp3) is 0.0400. The highest BCUT2D eigenvalue weighted by molar-refractivity contribution is 5.96. The monoisotopic (exact) mass is 417 g/mol. The molecular formula is C25H19N7. The molecule has 0 amide bonds. The Kier molecular flexibility index (Phi) is 3.96. The second-order valence-corrected chi connectivity index (χ2v) is 7.80. The van der Waals surface area contributed by atoms with Gasteiger partial charge in [-0.3, -0.25) is 10.1 Å². The summed E-state index contributed by atoms with van der Waals surface area (Å²) in [7, 11) is 0. The van der Waals surface area contributed by atoms with Gasteiger partial charge in [-0.1, -0.05) is 6.07 Å². The van der Waals surface area contributed by atoms with Crippen molar-refractivity contribution in [3.05, 3.63) is 90.1 Å². The lowest BCUT2D eigenvalue weighted by atomic mass is 10.0. The number of allylic oxidation sites excluding steroid dienone is 2. The highest BCUT2D eigenvalue weighted by Gasteiger charge is 2.18. The number of H-pyrrole nitrogens is 2. The van der Waals surface area contributed by atoms with Gasteiger partial charge >= 0.3 is 0 Å². The van der Waals surface area contributed by atoms with Crippen LogP contribution in [0.5, 0.6) is 0 Å². The van der Waals surface area contributed by atoms with E-state index in [0.717, 1.165) is 56.1 Å². The number of nitrogens with one attached hydrogen (secondary N) is 2. The number of nitrogens with zero attached hydrogens (tertiary/aromatic N) is 4. The van der Waals surface area contributed by atoms with Crippen molar-refractivity contribution in [1.82, 2.24) is 29.7 Å². The summed E-state index contributed by atoms with van der Waals surface area (Å²) in [6.07, 6.45) is 13.2. The number of aromatic nitrogens is 6. The number of hydrogen-bond acceptors (Lipinski definition) is 4. The number of anilines is 1. The maximum atomic E-state index is 5.93. The first-order valence-electron chi connectivity index (χ1n) is 10.2. The zero-order valence-electron chi connectivity index (χ0n) is 17.3. The van der Waals surface area contributed by atoms with E-state index in [2.05, 4.69) is 43.0 Å². The van der Waals surface area contributed by atoms with Crippen LogP contribution >= 0.6 is 0 Å². The normalized spacial score (nSPS) is 12.7. The highest BCUT2D eigenvalue weighted by Crippen LogP contribution is 2.34. The Hall–Kier alpha value is -4.61. The molecule has 0 aliphatic heterocycles. The maximum absolute atomic E-state index is 5.93. The summed E-state index contributed by atoms with van der Waals surface area (Å²) < 4.78 is 2.02. The predicted molar refractivity (Wildman–Crippen MR) is 126 cm³/mol. The molecule has 0 radical (unpaired) electrons. The summed E-state index contributed by atoms with van der Waals surface area (Å²) in [5.74, 6) is 0. The first-order valence-corrected chi connectivity index (χ1v) is 10.2. The number of hydrogen-bond donors (Lipinski definition) is 3. The van der Waals surface area contributed by atoms with Crippen molar-refractivity contribution in [2.24, 2.45) is 0 Å². The largest absolute Gasteiger partial charge is 0.397 e. The third kappa shape index (κ3) is 2.96. The molecule has 0 saturated heterocycles. The summed E-state index contributed by atoms with van der Waals surface area (Å²) in [5.41, 5.74) is 18.5. The Morgan fingerprint density at radius 1 is 1.09 bits per heavy atom. The molecule has 0 fully saturated rings. The molecule has 1 aliphatic rings. The van der Waals surface area contributed by atoms with E-state index in [1.165, 1.54) is 0 Å². The van der Waals surface area contributed by atoms with Crippen LogP contribution in [0.25, 0.3) is 45.2 Å². The number of nitrogens with two attached hydrogens (primary N) is 1. The molecule has 5 aromatic rings. The van der Waals surface area contributed by atoms with Crippen LogP contribution in [0, 0.1) is 6.92 Å². The van der Waals surface area contributed by atoms with Gasteiger partial charge in [-0.15, -0.1) is 5.73 Å². The molecule has 0 bridgehead atoms.